The van der Waals surface area contributed by atoms with Crippen molar-refractivity contribution >= 4 is 34.0 Å². The molecule has 3 rings (SSSR count). The predicted octanol–water partition coefficient (Wildman–Crippen LogP) is 1.24. The fraction of sp³-hybridized carbons (Fsp3) is 0.316. The van der Waals surface area contributed by atoms with Crippen LogP contribution < -0.4 is 14.9 Å². The van der Waals surface area contributed by atoms with E-state index in [1.807, 2.05) is 6.07 Å². The van der Waals surface area contributed by atoms with Crippen molar-refractivity contribution in [2.75, 3.05) is 31.0 Å². The van der Waals surface area contributed by atoms with E-state index in [1.165, 1.54) is 23.5 Å². The van der Waals surface area contributed by atoms with Crippen molar-refractivity contribution in [2.24, 2.45) is 5.92 Å². The van der Waals surface area contributed by atoms with Gasteiger partial charge in [0.15, 0.2) is 0 Å². The average Bonchev–Trinajstić information content (AvgIpc) is 3.11. The zero-order valence-corrected chi connectivity index (χ0v) is 17.0. The van der Waals surface area contributed by atoms with E-state index in [-0.39, 0.29) is 34.7 Å². The molecule has 1 fully saturated rings. The fourth-order valence-electron chi connectivity index (χ4n) is 2.99. The van der Waals surface area contributed by atoms with E-state index >= 15 is 0 Å². The minimum absolute atomic E-state index is 0. The van der Waals surface area contributed by atoms with Gasteiger partial charge in [-0.15, -0.1) is 12.4 Å². The first-order valence-electron chi connectivity index (χ1n) is 8.70. The molecule has 0 saturated carbocycles. The van der Waals surface area contributed by atoms with E-state index in [1.54, 1.807) is 36.4 Å². The maximum atomic E-state index is 12.9. The molecule has 9 heteroatoms. The Kier molecular flexibility index (Phi) is 7.42. The molecule has 1 aliphatic rings. The summed E-state index contributed by atoms with van der Waals surface area (Å²) in [6.07, 6.45) is -0.489. The molecule has 0 spiro atoms. The maximum absolute atomic E-state index is 12.9. The second-order valence-electron chi connectivity index (χ2n) is 6.53. The summed E-state index contributed by atoms with van der Waals surface area (Å²) in [7, 11) is -2.31. The second kappa shape index (κ2) is 9.38. The van der Waals surface area contributed by atoms with E-state index in [9.17, 15) is 18.3 Å². The number of hydrogen-bond donors (Lipinski definition) is 3. The number of rotatable bonds is 6. The third-order valence-electron chi connectivity index (χ3n) is 4.70. The van der Waals surface area contributed by atoms with Gasteiger partial charge in [-0.05, 0) is 30.3 Å². The van der Waals surface area contributed by atoms with E-state index in [0.717, 1.165) is 0 Å². The number of benzene rings is 2. The molecule has 1 amide bonds. The molecule has 152 valence electrons. The molecule has 0 aliphatic carbocycles. The normalized spacial score (nSPS) is 18.9. The summed E-state index contributed by atoms with van der Waals surface area (Å²) in [5.41, 5.74) is 0.799. The van der Waals surface area contributed by atoms with Crippen LogP contribution in [0.2, 0.25) is 0 Å². The molecule has 0 radical (unpaired) electrons. The molecule has 2 aromatic carbocycles. The number of para-hydroxylation sites is 1. The van der Waals surface area contributed by atoms with Crippen molar-refractivity contribution in [1.29, 1.82) is 0 Å². The second-order valence-corrected chi connectivity index (χ2v) is 8.50. The highest BCUT2D eigenvalue weighted by atomic mass is 35.5. The zero-order chi connectivity index (χ0) is 19.4. The highest BCUT2D eigenvalue weighted by molar-refractivity contribution is 7.92. The lowest BCUT2D eigenvalue weighted by molar-refractivity contribution is 0.0927. The lowest BCUT2D eigenvalue weighted by Crippen LogP contribution is -2.34. The maximum Gasteiger partial charge on any atom is 0.264 e. The fourth-order valence-corrected chi connectivity index (χ4v) is 4.23. The summed E-state index contributed by atoms with van der Waals surface area (Å²) in [5.74, 6) is -0.418. The number of carbonyl (C=O) groups excluding carboxylic acids is 1. The Labute approximate surface area is 171 Å². The third kappa shape index (κ3) is 4.82. The molecule has 2 aromatic rings. The third-order valence-corrected chi connectivity index (χ3v) is 6.48. The Hall–Kier alpha value is -2.13. The Bertz CT molecular complexity index is 908. The van der Waals surface area contributed by atoms with Crippen molar-refractivity contribution in [3.63, 3.8) is 0 Å². The molecule has 1 heterocycles. The van der Waals surface area contributed by atoms with Crippen LogP contribution in [0, 0.1) is 5.92 Å². The zero-order valence-electron chi connectivity index (χ0n) is 15.4. The van der Waals surface area contributed by atoms with Crippen molar-refractivity contribution < 1.29 is 18.3 Å². The predicted molar refractivity (Wildman–Crippen MR) is 110 cm³/mol. The molecule has 3 N–H and O–H groups in total. The summed E-state index contributed by atoms with van der Waals surface area (Å²) in [4.78, 5) is 12.5. The highest BCUT2D eigenvalue weighted by Crippen LogP contribution is 2.22. The summed E-state index contributed by atoms with van der Waals surface area (Å²) in [6, 6.07) is 14.7. The van der Waals surface area contributed by atoms with Crippen LogP contribution in [0.25, 0.3) is 0 Å². The van der Waals surface area contributed by atoms with Gasteiger partial charge in [-0.3, -0.25) is 9.10 Å². The minimum Gasteiger partial charge on any atom is -0.391 e. The Morgan fingerprint density at radius 1 is 1.18 bits per heavy atom. The van der Waals surface area contributed by atoms with E-state index in [2.05, 4.69) is 10.6 Å². The van der Waals surface area contributed by atoms with Crippen LogP contribution in [-0.4, -0.2) is 52.2 Å². The number of halogens is 1. The van der Waals surface area contributed by atoms with Crippen LogP contribution in [0.15, 0.2) is 59.5 Å². The SMILES string of the molecule is CN(c1ccccc1)S(=O)(=O)c1cccc(C(=O)NCC2CNCC2O)c1.Cl. The number of aliphatic hydroxyl groups excluding tert-OH is 1. The van der Waals surface area contributed by atoms with Crippen LogP contribution in [0.4, 0.5) is 5.69 Å². The van der Waals surface area contributed by atoms with E-state index in [0.29, 0.717) is 25.3 Å². The van der Waals surface area contributed by atoms with E-state index < -0.39 is 16.1 Å². The van der Waals surface area contributed by atoms with Gasteiger partial charge in [0.25, 0.3) is 15.9 Å². The van der Waals surface area contributed by atoms with Crippen LogP contribution in [-0.2, 0) is 10.0 Å². The molecule has 28 heavy (non-hydrogen) atoms. The standard InChI is InChI=1S/C19H23N3O4S.ClH/c1-22(16-7-3-2-4-8-16)27(25,26)17-9-5-6-14(10-17)19(24)21-12-15-11-20-13-18(15)23;/h2-10,15,18,20,23H,11-13H2,1H3,(H,21,24);1H. The van der Waals surface area contributed by atoms with Gasteiger partial charge in [0.1, 0.15) is 0 Å². The van der Waals surface area contributed by atoms with Crippen LogP contribution in [0.5, 0.6) is 0 Å². The van der Waals surface area contributed by atoms with Crippen molar-refractivity contribution in [2.45, 2.75) is 11.0 Å². The molecule has 7 nitrogen and oxygen atoms in total. The number of nitrogens with one attached hydrogen (secondary N) is 2. The minimum atomic E-state index is -3.78. The van der Waals surface area contributed by atoms with Gasteiger partial charge in [-0.1, -0.05) is 24.3 Å². The monoisotopic (exact) mass is 425 g/mol. The molecule has 2 atom stereocenters. The van der Waals surface area contributed by atoms with Crippen LogP contribution >= 0.6 is 12.4 Å². The van der Waals surface area contributed by atoms with Crippen LogP contribution in [0.3, 0.4) is 0 Å². The van der Waals surface area contributed by atoms with Gasteiger partial charge in [0.2, 0.25) is 0 Å². The number of nitrogens with zero attached hydrogens (tertiary/aromatic N) is 1. The first-order valence-corrected chi connectivity index (χ1v) is 10.1. The molecule has 0 bridgehead atoms. The van der Waals surface area contributed by atoms with Gasteiger partial charge >= 0.3 is 0 Å². The van der Waals surface area contributed by atoms with Gasteiger partial charge in [-0.2, -0.15) is 0 Å². The van der Waals surface area contributed by atoms with Gasteiger partial charge in [0.05, 0.1) is 16.7 Å². The van der Waals surface area contributed by atoms with Crippen molar-refractivity contribution in [1.82, 2.24) is 10.6 Å². The first kappa shape index (κ1) is 22.2. The van der Waals surface area contributed by atoms with Crippen LogP contribution in [0.1, 0.15) is 10.4 Å². The van der Waals surface area contributed by atoms with Gasteiger partial charge in [-0.25, -0.2) is 8.42 Å². The van der Waals surface area contributed by atoms with Gasteiger partial charge in [0, 0.05) is 38.2 Å². The lowest BCUT2D eigenvalue weighted by atomic mass is 10.1. The smallest absolute Gasteiger partial charge is 0.264 e. The van der Waals surface area contributed by atoms with Crippen molar-refractivity contribution in [3.8, 4) is 0 Å². The first-order chi connectivity index (χ1) is 12.9. The average molecular weight is 426 g/mol. The van der Waals surface area contributed by atoms with Crippen molar-refractivity contribution in [3.05, 3.63) is 60.2 Å². The largest absolute Gasteiger partial charge is 0.391 e. The Balaban J connectivity index is 0.00000280. The number of amides is 1. The molecular formula is C19H24ClN3O4S. The molecule has 0 aromatic heterocycles. The number of aliphatic hydroxyl groups is 1. The molecule has 1 aliphatic heterocycles. The molecular weight excluding hydrogens is 402 g/mol. The van der Waals surface area contributed by atoms with Gasteiger partial charge < -0.3 is 15.7 Å². The molecule has 1 saturated heterocycles. The number of sulfonamides is 1. The summed E-state index contributed by atoms with van der Waals surface area (Å²) < 4.78 is 26.9. The highest BCUT2D eigenvalue weighted by Gasteiger charge is 2.26. The Morgan fingerprint density at radius 3 is 2.54 bits per heavy atom. The number of anilines is 1. The topological polar surface area (TPSA) is 98.7 Å². The van der Waals surface area contributed by atoms with E-state index in [4.69, 9.17) is 0 Å². The summed E-state index contributed by atoms with van der Waals surface area (Å²) >= 11 is 0. The summed E-state index contributed by atoms with van der Waals surface area (Å²) in [5, 5.41) is 15.6. The summed E-state index contributed by atoms with van der Waals surface area (Å²) in [6.45, 7) is 1.48. The lowest BCUT2D eigenvalue weighted by Gasteiger charge is -2.20. The number of β-amino-alcohol motifs (C(OH)–C–C–N with tert-alkyl or cyclic N) is 1. The number of hydrogen-bond acceptors (Lipinski definition) is 5. The quantitative estimate of drug-likeness (QED) is 0.646. The molecule has 2 unspecified atom stereocenters. The Morgan fingerprint density at radius 2 is 1.89 bits per heavy atom. The number of carbonyl (C=O) groups is 1.